The second-order valence-electron chi connectivity index (χ2n) is 8.26. The van der Waals surface area contributed by atoms with E-state index in [-0.39, 0.29) is 16.2 Å². The normalized spacial score (nSPS) is 15.9. The zero-order chi connectivity index (χ0) is 26.3. The van der Waals surface area contributed by atoms with Gasteiger partial charge in [-0.25, -0.2) is 18.5 Å². The van der Waals surface area contributed by atoms with E-state index >= 15 is 0 Å². The summed E-state index contributed by atoms with van der Waals surface area (Å²) >= 11 is 1.17. The molecule has 2 aromatic heterocycles. The SMILES string of the molecule is Cc1nc(-c2ccccc2)sc1C(=O)C1=C(O)C(=O)N(c2ccc(S(N)(=O)=O)cc2)C1c1ccccn1. The number of aliphatic hydroxyl groups is 1. The Morgan fingerprint density at radius 2 is 1.70 bits per heavy atom. The number of hydrogen-bond acceptors (Lipinski definition) is 8. The Kier molecular flexibility index (Phi) is 6.20. The van der Waals surface area contributed by atoms with Crippen molar-refractivity contribution in [2.24, 2.45) is 5.14 Å². The van der Waals surface area contributed by atoms with Crippen molar-refractivity contribution in [3.05, 3.63) is 107 Å². The number of aryl methyl sites for hydroxylation is 1. The van der Waals surface area contributed by atoms with Gasteiger partial charge in [-0.3, -0.25) is 19.5 Å². The zero-order valence-corrected chi connectivity index (χ0v) is 21.0. The number of carbonyl (C=O) groups excluding carboxylic acids is 2. The maximum absolute atomic E-state index is 13.9. The van der Waals surface area contributed by atoms with Crippen molar-refractivity contribution < 1.29 is 23.1 Å². The van der Waals surface area contributed by atoms with E-state index in [2.05, 4.69) is 9.97 Å². The van der Waals surface area contributed by atoms with Gasteiger partial charge in [0.15, 0.2) is 5.76 Å². The number of rotatable bonds is 6. The number of Topliss-reactive ketones (excluding diaryl/α,β-unsaturated/α-hetero) is 1. The number of anilines is 1. The molecular formula is C26H20N4O5S2. The highest BCUT2D eigenvalue weighted by molar-refractivity contribution is 7.89. The van der Waals surface area contributed by atoms with Crippen LogP contribution in [0.5, 0.6) is 0 Å². The second kappa shape index (κ2) is 9.36. The Balaban J connectivity index is 1.61. The second-order valence-corrected chi connectivity index (χ2v) is 10.8. The molecule has 3 N–H and O–H groups in total. The number of nitrogens with two attached hydrogens (primary N) is 1. The molecule has 1 amide bonds. The molecule has 11 heteroatoms. The molecular weight excluding hydrogens is 512 g/mol. The molecule has 0 bridgehead atoms. The van der Waals surface area contributed by atoms with Crippen LogP contribution in [0.3, 0.4) is 0 Å². The minimum Gasteiger partial charge on any atom is -0.503 e. The minimum atomic E-state index is -3.95. The number of nitrogens with zero attached hydrogens (tertiary/aromatic N) is 3. The largest absolute Gasteiger partial charge is 0.503 e. The Morgan fingerprint density at radius 3 is 2.32 bits per heavy atom. The third kappa shape index (κ3) is 4.44. The van der Waals surface area contributed by atoms with Crippen LogP contribution >= 0.6 is 11.3 Å². The number of pyridine rings is 1. The smallest absolute Gasteiger partial charge is 0.294 e. The molecule has 1 unspecified atom stereocenters. The lowest BCUT2D eigenvalue weighted by molar-refractivity contribution is -0.117. The maximum Gasteiger partial charge on any atom is 0.294 e. The summed E-state index contributed by atoms with van der Waals surface area (Å²) in [5.74, 6) is -2.06. The summed E-state index contributed by atoms with van der Waals surface area (Å²) in [6.45, 7) is 1.70. The number of hydrogen-bond donors (Lipinski definition) is 2. The van der Waals surface area contributed by atoms with Crippen molar-refractivity contribution in [3.63, 3.8) is 0 Å². The van der Waals surface area contributed by atoms with Crippen LogP contribution in [0.25, 0.3) is 10.6 Å². The summed E-state index contributed by atoms with van der Waals surface area (Å²) < 4.78 is 23.4. The average Bonchev–Trinajstić information content (AvgIpc) is 3.41. The maximum atomic E-state index is 13.9. The molecule has 3 heterocycles. The fourth-order valence-corrected chi connectivity index (χ4v) is 5.69. The molecule has 37 heavy (non-hydrogen) atoms. The summed E-state index contributed by atoms with van der Waals surface area (Å²) in [6.07, 6.45) is 1.52. The molecule has 2 aromatic carbocycles. The lowest BCUT2D eigenvalue weighted by atomic mass is 9.98. The number of amides is 1. The molecule has 4 aromatic rings. The molecule has 1 aliphatic heterocycles. The van der Waals surface area contributed by atoms with Gasteiger partial charge in [0.05, 0.1) is 26.7 Å². The molecule has 1 aliphatic rings. The van der Waals surface area contributed by atoms with Crippen molar-refractivity contribution in [1.82, 2.24) is 9.97 Å². The summed E-state index contributed by atoms with van der Waals surface area (Å²) in [5, 5.41) is 16.8. The topological polar surface area (TPSA) is 144 Å². The van der Waals surface area contributed by atoms with Crippen LogP contribution in [0.15, 0.2) is 95.2 Å². The van der Waals surface area contributed by atoms with E-state index in [1.165, 1.54) is 46.7 Å². The van der Waals surface area contributed by atoms with Gasteiger partial charge in [-0.05, 0) is 43.3 Å². The van der Waals surface area contributed by atoms with Crippen LogP contribution in [0.4, 0.5) is 5.69 Å². The molecule has 0 aliphatic carbocycles. The number of sulfonamides is 1. The molecule has 0 saturated heterocycles. The van der Waals surface area contributed by atoms with E-state index in [4.69, 9.17) is 5.14 Å². The van der Waals surface area contributed by atoms with E-state index in [1.54, 1.807) is 25.1 Å². The summed E-state index contributed by atoms with van der Waals surface area (Å²) in [6, 6.07) is 18.7. The first kappa shape index (κ1) is 24.5. The van der Waals surface area contributed by atoms with Crippen molar-refractivity contribution in [3.8, 4) is 10.6 Å². The van der Waals surface area contributed by atoms with Gasteiger partial charge in [0, 0.05) is 17.4 Å². The molecule has 0 spiro atoms. The van der Waals surface area contributed by atoms with Crippen LogP contribution in [0.1, 0.15) is 27.1 Å². The van der Waals surface area contributed by atoms with Gasteiger partial charge in [0.1, 0.15) is 11.0 Å². The van der Waals surface area contributed by atoms with Gasteiger partial charge in [0.2, 0.25) is 15.8 Å². The average molecular weight is 533 g/mol. The lowest BCUT2D eigenvalue weighted by Crippen LogP contribution is -2.31. The van der Waals surface area contributed by atoms with E-state index in [9.17, 15) is 23.1 Å². The van der Waals surface area contributed by atoms with Crippen molar-refractivity contribution >= 4 is 38.7 Å². The van der Waals surface area contributed by atoms with Crippen molar-refractivity contribution in [1.29, 1.82) is 0 Å². The molecule has 1 atom stereocenters. The highest BCUT2D eigenvalue weighted by Crippen LogP contribution is 2.42. The Morgan fingerprint density at radius 1 is 1.03 bits per heavy atom. The number of primary sulfonamides is 1. The van der Waals surface area contributed by atoms with E-state index in [1.807, 2.05) is 30.3 Å². The fourth-order valence-electron chi connectivity index (χ4n) is 4.15. The van der Waals surface area contributed by atoms with Crippen molar-refractivity contribution in [2.45, 2.75) is 17.9 Å². The Bertz CT molecular complexity index is 1650. The van der Waals surface area contributed by atoms with E-state index < -0.39 is 33.5 Å². The number of benzene rings is 2. The van der Waals surface area contributed by atoms with E-state index in [0.29, 0.717) is 21.3 Å². The third-order valence-electron chi connectivity index (χ3n) is 5.89. The molecule has 186 valence electrons. The van der Waals surface area contributed by atoms with Gasteiger partial charge < -0.3 is 5.11 Å². The predicted octanol–water partition coefficient (Wildman–Crippen LogP) is 3.94. The van der Waals surface area contributed by atoms with Crippen LogP contribution in [-0.2, 0) is 14.8 Å². The number of thiazole rings is 1. The zero-order valence-electron chi connectivity index (χ0n) is 19.4. The van der Waals surface area contributed by atoms with Gasteiger partial charge in [0.25, 0.3) is 5.91 Å². The van der Waals surface area contributed by atoms with Crippen LogP contribution < -0.4 is 10.0 Å². The lowest BCUT2D eigenvalue weighted by Gasteiger charge is -2.26. The monoisotopic (exact) mass is 532 g/mol. The molecule has 0 radical (unpaired) electrons. The first-order valence-corrected chi connectivity index (χ1v) is 13.4. The Labute approximate surface area is 216 Å². The quantitative estimate of drug-likeness (QED) is 0.358. The van der Waals surface area contributed by atoms with Gasteiger partial charge >= 0.3 is 0 Å². The van der Waals surface area contributed by atoms with Crippen LogP contribution in [0, 0.1) is 6.92 Å². The van der Waals surface area contributed by atoms with Crippen LogP contribution in [-0.4, -0.2) is 35.2 Å². The van der Waals surface area contributed by atoms with Crippen molar-refractivity contribution in [2.75, 3.05) is 4.90 Å². The molecule has 5 rings (SSSR count). The van der Waals surface area contributed by atoms with Crippen LogP contribution in [0.2, 0.25) is 0 Å². The standard InChI is InChI=1S/C26H20N4O5S2/c1-15-24(36-25(29-15)16-7-3-2-4-8-16)22(31)20-21(19-9-5-6-14-28-19)30(26(33)23(20)32)17-10-12-18(13-11-17)37(27,34)35/h2-14,21,32H,1H3,(H2,27,34,35). The predicted molar refractivity (Wildman–Crippen MR) is 139 cm³/mol. The van der Waals surface area contributed by atoms with Gasteiger partial charge in [-0.15, -0.1) is 11.3 Å². The number of aromatic nitrogens is 2. The highest BCUT2D eigenvalue weighted by atomic mass is 32.2. The summed E-state index contributed by atoms with van der Waals surface area (Å²) in [4.78, 5) is 37.4. The van der Waals surface area contributed by atoms with Gasteiger partial charge in [-0.1, -0.05) is 36.4 Å². The first-order chi connectivity index (χ1) is 17.7. The Hall–Kier alpha value is -4.19. The first-order valence-electron chi connectivity index (χ1n) is 11.0. The number of aliphatic hydroxyl groups excluding tert-OH is 1. The molecule has 9 nitrogen and oxygen atoms in total. The third-order valence-corrected chi connectivity index (χ3v) is 8.02. The fraction of sp³-hybridized carbons (Fsp3) is 0.0769. The minimum absolute atomic E-state index is 0.134. The number of ketones is 1. The van der Waals surface area contributed by atoms with E-state index in [0.717, 1.165) is 5.56 Å². The number of carbonyl (C=O) groups is 2. The molecule has 0 fully saturated rings. The summed E-state index contributed by atoms with van der Waals surface area (Å²) in [5.41, 5.74) is 1.79. The molecule has 0 saturated carbocycles. The highest BCUT2D eigenvalue weighted by Gasteiger charge is 2.46. The summed E-state index contributed by atoms with van der Waals surface area (Å²) in [7, 11) is -3.95. The van der Waals surface area contributed by atoms with Gasteiger partial charge in [-0.2, -0.15) is 0 Å².